The molecule has 0 amide bonds. The number of carboxylic acid groups (broad SMARTS) is 1. The first-order chi connectivity index (χ1) is 9.81. The zero-order valence-electron chi connectivity index (χ0n) is 10.8. The summed E-state index contributed by atoms with van der Waals surface area (Å²) >= 11 is 4.51. The number of aromatic nitrogens is 1. The smallest absolute Gasteiger partial charge is 0.336 e. The zero-order chi connectivity index (χ0) is 15.6. The molecule has 0 unspecified atom stereocenters. The Hall–Kier alpha value is -1.29. The largest absolute Gasteiger partial charge is 0.478 e. The van der Waals surface area contributed by atoms with Gasteiger partial charge in [0.05, 0.1) is 17.0 Å². The van der Waals surface area contributed by atoms with Crippen LogP contribution in [0.25, 0.3) is 0 Å². The minimum atomic E-state index is -3.81. The van der Waals surface area contributed by atoms with E-state index in [-0.39, 0.29) is 17.0 Å². The highest BCUT2D eigenvalue weighted by molar-refractivity contribution is 9.10. The number of nitrogens with one attached hydrogen (secondary N) is 1. The Morgan fingerprint density at radius 3 is 2.76 bits per heavy atom. The van der Waals surface area contributed by atoms with Gasteiger partial charge in [0.1, 0.15) is 5.01 Å². The molecule has 0 saturated heterocycles. The van der Waals surface area contributed by atoms with Crippen molar-refractivity contribution in [2.45, 2.75) is 18.4 Å². The van der Waals surface area contributed by atoms with Crippen molar-refractivity contribution in [3.63, 3.8) is 0 Å². The van der Waals surface area contributed by atoms with Gasteiger partial charge in [-0.05, 0) is 24.6 Å². The molecule has 0 aliphatic heterocycles. The standard InChI is InChI=1S/C12H11BrN2O4S2/c1-7-9(12(16)17)4-8(5-10(7)13)21(18,19)15-6-11-14-2-3-20-11/h2-5,15H,6H2,1H3,(H,16,17). The lowest BCUT2D eigenvalue weighted by Gasteiger charge is -2.09. The molecule has 0 atom stereocenters. The molecule has 0 aliphatic carbocycles. The van der Waals surface area contributed by atoms with E-state index in [9.17, 15) is 13.2 Å². The molecule has 2 N–H and O–H groups in total. The van der Waals surface area contributed by atoms with Gasteiger partial charge in [-0.15, -0.1) is 11.3 Å². The van der Waals surface area contributed by atoms with E-state index in [4.69, 9.17) is 5.11 Å². The van der Waals surface area contributed by atoms with Gasteiger partial charge in [-0.25, -0.2) is 22.9 Å². The van der Waals surface area contributed by atoms with Gasteiger partial charge in [-0.1, -0.05) is 15.9 Å². The molecule has 9 heteroatoms. The van der Waals surface area contributed by atoms with Crippen LogP contribution in [0.2, 0.25) is 0 Å². The summed E-state index contributed by atoms with van der Waals surface area (Å²) in [7, 11) is -3.81. The topological polar surface area (TPSA) is 96.4 Å². The van der Waals surface area contributed by atoms with E-state index in [0.29, 0.717) is 15.0 Å². The zero-order valence-corrected chi connectivity index (χ0v) is 14.0. The van der Waals surface area contributed by atoms with E-state index >= 15 is 0 Å². The number of halogens is 1. The van der Waals surface area contributed by atoms with E-state index in [1.54, 1.807) is 18.5 Å². The van der Waals surface area contributed by atoms with Crippen LogP contribution in [0.15, 0.2) is 33.1 Å². The van der Waals surface area contributed by atoms with Crippen LogP contribution in [-0.4, -0.2) is 24.5 Å². The van der Waals surface area contributed by atoms with Gasteiger partial charge in [-0.2, -0.15) is 0 Å². The third-order valence-corrected chi connectivity index (χ3v) is 5.74. The van der Waals surface area contributed by atoms with E-state index in [1.807, 2.05) is 0 Å². The molecule has 0 spiro atoms. The first kappa shape index (κ1) is 16.1. The normalized spacial score (nSPS) is 11.5. The van der Waals surface area contributed by atoms with E-state index < -0.39 is 16.0 Å². The number of sulfonamides is 1. The summed E-state index contributed by atoms with van der Waals surface area (Å²) < 4.78 is 27.3. The van der Waals surface area contributed by atoms with Crippen LogP contribution in [0, 0.1) is 6.92 Å². The third kappa shape index (κ3) is 3.67. The van der Waals surface area contributed by atoms with Crippen molar-refractivity contribution in [3.8, 4) is 0 Å². The number of hydrogen-bond donors (Lipinski definition) is 2. The first-order valence-corrected chi connectivity index (χ1v) is 8.88. The van der Waals surface area contributed by atoms with Gasteiger partial charge >= 0.3 is 5.97 Å². The summed E-state index contributed by atoms with van der Waals surface area (Å²) in [6.07, 6.45) is 1.58. The molecule has 21 heavy (non-hydrogen) atoms. The Labute approximate surface area is 134 Å². The second-order valence-corrected chi connectivity index (χ2v) is 7.73. The minimum absolute atomic E-state index is 0.0565. The van der Waals surface area contributed by atoms with Gasteiger partial charge < -0.3 is 5.11 Å². The Morgan fingerprint density at radius 1 is 1.48 bits per heavy atom. The van der Waals surface area contributed by atoms with Crippen LogP contribution < -0.4 is 4.72 Å². The third-order valence-electron chi connectivity index (χ3n) is 2.76. The van der Waals surface area contributed by atoms with Gasteiger partial charge in [-0.3, -0.25) is 0 Å². The molecule has 6 nitrogen and oxygen atoms in total. The molecule has 2 rings (SSSR count). The number of aromatic carboxylic acids is 1. The number of carboxylic acids is 1. The van der Waals surface area contributed by atoms with Crippen LogP contribution in [0.3, 0.4) is 0 Å². The van der Waals surface area contributed by atoms with Gasteiger partial charge in [0.25, 0.3) is 0 Å². The van der Waals surface area contributed by atoms with Gasteiger partial charge in [0, 0.05) is 16.0 Å². The molecule has 0 bridgehead atoms. The quantitative estimate of drug-likeness (QED) is 0.816. The highest BCUT2D eigenvalue weighted by Gasteiger charge is 2.20. The Bertz CT molecular complexity index is 773. The Balaban J connectivity index is 2.33. The van der Waals surface area contributed by atoms with Crippen LogP contribution in [-0.2, 0) is 16.6 Å². The summed E-state index contributed by atoms with van der Waals surface area (Å²) in [5.74, 6) is -1.18. The average Bonchev–Trinajstić information content (AvgIpc) is 2.92. The second-order valence-electron chi connectivity index (χ2n) is 4.13. The minimum Gasteiger partial charge on any atom is -0.478 e. The highest BCUT2D eigenvalue weighted by Crippen LogP contribution is 2.25. The van der Waals surface area contributed by atoms with E-state index in [0.717, 1.165) is 6.07 Å². The van der Waals surface area contributed by atoms with Crippen LogP contribution in [0.5, 0.6) is 0 Å². The molecule has 0 saturated carbocycles. The monoisotopic (exact) mass is 390 g/mol. The lowest BCUT2D eigenvalue weighted by Crippen LogP contribution is -2.23. The molecule has 112 valence electrons. The maximum absolute atomic E-state index is 12.2. The summed E-state index contributed by atoms with van der Waals surface area (Å²) in [5, 5.41) is 11.5. The fourth-order valence-electron chi connectivity index (χ4n) is 1.61. The van der Waals surface area contributed by atoms with E-state index in [2.05, 4.69) is 25.6 Å². The molecule has 0 fully saturated rings. The van der Waals surface area contributed by atoms with Crippen molar-refractivity contribution >= 4 is 43.3 Å². The molecule has 0 aliphatic rings. The van der Waals surface area contributed by atoms with Crippen LogP contribution >= 0.6 is 27.3 Å². The van der Waals surface area contributed by atoms with Gasteiger partial charge in [0.2, 0.25) is 10.0 Å². The maximum Gasteiger partial charge on any atom is 0.336 e. The van der Waals surface area contributed by atoms with Crippen molar-refractivity contribution < 1.29 is 18.3 Å². The van der Waals surface area contributed by atoms with E-state index in [1.165, 1.54) is 17.4 Å². The lowest BCUT2D eigenvalue weighted by molar-refractivity contribution is 0.0695. The number of hydrogen-bond acceptors (Lipinski definition) is 5. The van der Waals surface area contributed by atoms with Gasteiger partial charge in [0.15, 0.2) is 0 Å². The first-order valence-electron chi connectivity index (χ1n) is 5.73. The van der Waals surface area contributed by atoms with Crippen LogP contribution in [0.1, 0.15) is 20.9 Å². The number of benzene rings is 1. The number of nitrogens with zero attached hydrogens (tertiary/aromatic N) is 1. The molecular formula is C12H11BrN2O4S2. The summed E-state index contributed by atoms with van der Waals surface area (Å²) in [5.41, 5.74) is 0.417. The predicted octanol–water partition coefficient (Wildman–Crippen LogP) is 2.39. The fraction of sp³-hybridized carbons (Fsp3) is 0.167. The number of thiazole rings is 1. The summed E-state index contributed by atoms with van der Waals surface area (Å²) in [4.78, 5) is 15.0. The maximum atomic E-state index is 12.2. The van der Waals surface area contributed by atoms with Crippen molar-refractivity contribution in [2.75, 3.05) is 0 Å². The van der Waals surface area contributed by atoms with Crippen molar-refractivity contribution in [1.82, 2.24) is 9.71 Å². The fourth-order valence-corrected chi connectivity index (χ4v) is 3.91. The summed E-state index contributed by atoms with van der Waals surface area (Å²) in [6, 6.07) is 2.53. The molecule has 2 aromatic rings. The predicted molar refractivity (Wildman–Crippen MR) is 82.0 cm³/mol. The SMILES string of the molecule is Cc1c(Br)cc(S(=O)(=O)NCc2nccs2)cc1C(=O)O. The Morgan fingerprint density at radius 2 is 2.19 bits per heavy atom. The van der Waals surface area contributed by atoms with Crippen molar-refractivity contribution in [1.29, 1.82) is 0 Å². The van der Waals surface area contributed by atoms with Crippen LogP contribution in [0.4, 0.5) is 0 Å². The number of rotatable bonds is 5. The average molecular weight is 391 g/mol. The van der Waals surface area contributed by atoms with Crippen molar-refractivity contribution in [3.05, 3.63) is 44.3 Å². The molecule has 0 radical (unpaired) electrons. The molecule has 1 aromatic heterocycles. The molecule has 1 aromatic carbocycles. The lowest BCUT2D eigenvalue weighted by atomic mass is 10.1. The highest BCUT2D eigenvalue weighted by atomic mass is 79.9. The van der Waals surface area contributed by atoms with Crippen molar-refractivity contribution in [2.24, 2.45) is 0 Å². The second kappa shape index (κ2) is 6.22. The molecule has 1 heterocycles. The molecular weight excluding hydrogens is 380 g/mol. The summed E-state index contributed by atoms with van der Waals surface area (Å²) in [6.45, 7) is 1.67. The number of carbonyl (C=O) groups is 1. The Kier molecular flexibility index (Phi) is 4.77.